The summed E-state index contributed by atoms with van der Waals surface area (Å²) >= 11 is 0. The van der Waals surface area contributed by atoms with E-state index in [2.05, 4.69) is 9.88 Å². The van der Waals surface area contributed by atoms with Crippen molar-refractivity contribution >= 4 is 17.7 Å². The van der Waals surface area contributed by atoms with E-state index in [4.69, 9.17) is 10.5 Å². The van der Waals surface area contributed by atoms with Crippen molar-refractivity contribution in [3.8, 4) is 0 Å². The molecule has 1 aromatic heterocycles. The third-order valence-electron chi connectivity index (χ3n) is 5.48. The van der Waals surface area contributed by atoms with Crippen molar-refractivity contribution in [2.45, 2.75) is 52.1 Å². The van der Waals surface area contributed by atoms with Crippen LogP contribution in [0.1, 0.15) is 46.5 Å². The van der Waals surface area contributed by atoms with E-state index in [1.54, 1.807) is 0 Å². The fourth-order valence-electron chi connectivity index (χ4n) is 4.10. The monoisotopic (exact) mass is 360 g/mol. The zero-order valence-electron chi connectivity index (χ0n) is 16.3. The number of amides is 1. The van der Waals surface area contributed by atoms with Crippen LogP contribution in [0.25, 0.3) is 0 Å². The Morgan fingerprint density at radius 2 is 1.65 bits per heavy atom. The molecule has 0 saturated carbocycles. The summed E-state index contributed by atoms with van der Waals surface area (Å²) in [5.74, 6) is 3.03. The van der Waals surface area contributed by atoms with E-state index in [0.717, 1.165) is 50.8 Å². The van der Waals surface area contributed by atoms with Crippen LogP contribution >= 0.6 is 0 Å². The molecule has 0 unspecified atom stereocenters. The molecule has 2 saturated heterocycles. The smallest absolute Gasteiger partial charge is 0.410 e. The van der Waals surface area contributed by atoms with Gasteiger partial charge in [0, 0.05) is 26.2 Å². The molecule has 0 radical (unpaired) electrons. The van der Waals surface area contributed by atoms with Crippen molar-refractivity contribution in [2.75, 3.05) is 36.8 Å². The molecule has 3 heterocycles. The minimum absolute atomic E-state index is 0.168. The van der Waals surface area contributed by atoms with Crippen LogP contribution in [0.4, 0.5) is 16.4 Å². The van der Waals surface area contributed by atoms with Gasteiger partial charge in [0.2, 0.25) is 0 Å². The first-order valence-electron chi connectivity index (χ1n) is 9.77. The average molecular weight is 361 g/mol. The third-order valence-corrected chi connectivity index (χ3v) is 5.48. The highest BCUT2D eigenvalue weighted by atomic mass is 16.6. The van der Waals surface area contributed by atoms with Gasteiger partial charge in [-0.3, -0.25) is 0 Å². The standard InChI is InChI=1S/C20H32N4O2/c1-20(2,3)26-19(25)24-13-9-16(10-14-24)15-7-11-23(12-8-15)18-6-4-5-17(21)22-18/h4-6,15-16H,7-14H2,1-3H3,(H2,21,22). The zero-order valence-corrected chi connectivity index (χ0v) is 16.3. The molecule has 2 aliphatic rings. The van der Waals surface area contributed by atoms with Crippen LogP contribution in [0.2, 0.25) is 0 Å². The minimum Gasteiger partial charge on any atom is -0.444 e. The molecule has 144 valence electrons. The number of nitrogens with zero attached hydrogens (tertiary/aromatic N) is 3. The van der Waals surface area contributed by atoms with Crippen LogP contribution < -0.4 is 10.6 Å². The maximum absolute atomic E-state index is 12.2. The van der Waals surface area contributed by atoms with Gasteiger partial charge in [-0.1, -0.05) is 6.07 Å². The summed E-state index contributed by atoms with van der Waals surface area (Å²) in [6, 6.07) is 5.83. The van der Waals surface area contributed by atoms with Gasteiger partial charge < -0.3 is 20.3 Å². The SMILES string of the molecule is CC(C)(C)OC(=O)N1CCC(C2CCN(c3cccc(N)n3)CC2)CC1. The summed E-state index contributed by atoms with van der Waals surface area (Å²) in [5.41, 5.74) is 5.38. The van der Waals surface area contributed by atoms with Gasteiger partial charge in [-0.15, -0.1) is 0 Å². The summed E-state index contributed by atoms with van der Waals surface area (Å²) in [6.07, 6.45) is 4.38. The molecule has 2 fully saturated rings. The van der Waals surface area contributed by atoms with Gasteiger partial charge >= 0.3 is 6.09 Å². The fraction of sp³-hybridized carbons (Fsp3) is 0.700. The Bertz CT molecular complexity index is 612. The minimum atomic E-state index is -0.421. The van der Waals surface area contributed by atoms with Gasteiger partial charge in [0.1, 0.15) is 17.2 Å². The summed E-state index contributed by atoms with van der Waals surface area (Å²) < 4.78 is 5.49. The number of aromatic nitrogens is 1. The van der Waals surface area contributed by atoms with Crippen LogP contribution in [-0.4, -0.2) is 47.8 Å². The van der Waals surface area contributed by atoms with Crippen molar-refractivity contribution in [1.29, 1.82) is 0 Å². The number of piperidine rings is 2. The van der Waals surface area contributed by atoms with Gasteiger partial charge in [0.25, 0.3) is 0 Å². The summed E-state index contributed by atoms with van der Waals surface area (Å²) in [4.78, 5) is 20.8. The molecule has 6 nitrogen and oxygen atoms in total. The van der Waals surface area contributed by atoms with Crippen molar-refractivity contribution in [1.82, 2.24) is 9.88 Å². The summed E-state index contributed by atoms with van der Waals surface area (Å²) in [5, 5.41) is 0. The number of anilines is 2. The Kier molecular flexibility index (Phi) is 5.58. The topological polar surface area (TPSA) is 71.7 Å². The predicted molar refractivity (Wildman–Crippen MR) is 104 cm³/mol. The molecular weight excluding hydrogens is 328 g/mol. The van der Waals surface area contributed by atoms with Crippen molar-refractivity contribution in [3.05, 3.63) is 18.2 Å². The number of carbonyl (C=O) groups is 1. The second-order valence-electron chi connectivity index (χ2n) is 8.55. The van der Waals surface area contributed by atoms with E-state index < -0.39 is 5.60 Å². The van der Waals surface area contributed by atoms with Gasteiger partial charge in [-0.2, -0.15) is 0 Å². The lowest BCUT2D eigenvalue weighted by molar-refractivity contribution is 0.0152. The highest BCUT2D eigenvalue weighted by Crippen LogP contribution is 2.34. The lowest BCUT2D eigenvalue weighted by Gasteiger charge is -2.40. The maximum atomic E-state index is 12.2. The predicted octanol–water partition coefficient (Wildman–Crippen LogP) is 3.53. The van der Waals surface area contributed by atoms with E-state index in [1.807, 2.05) is 43.9 Å². The number of pyridine rings is 1. The van der Waals surface area contributed by atoms with E-state index in [1.165, 1.54) is 12.8 Å². The molecular formula is C20H32N4O2. The maximum Gasteiger partial charge on any atom is 0.410 e. The second kappa shape index (κ2) is 7.72. The zero-order chi connectivity index (χ0) is 18.7. The van der Waals surface area contributed by atoms with Gasteiger partial charge in [0.05, 0.1) is 0 Å². The first-order valence-corrected chi connectivity index (χ1v) is 9.77. The Morgan fingerprint density at radius 1 is 1.08 bits per heavy atom. The molecule has 0 aliphatic carbocycles. The number of hydrogen-bond acceptors (Lipinski definition) is 5. The van der Waals surface area contributed by atoms with Crippen LogP contribution in [0.3, 0.4) is 0 Å². The van der Waals surface area contributed by atoms with Crippen molar-refractivity contribution in [3.63, 3.8) is 0 Å². The number of nitrogens with two attached hydrogens (primary N) is 1. The Morgan fingerprint density at radius 3 is 2.19 bits per heavy atom. The molecule has 2 N–H and O–H groups in total. The Hall–Kier alpha value is -1.98. The van der Waals surface area contributed by atoms with E-state index in [9.17, 15) is 4.79 Å². The summed E-state index contributed by atoms with van der Waals surface area (Å²) in [6.45, 7) is 9.45. The van der Waals surface area contributed by atoms with Crippen LogP contribution in [-0.2, 0) is 4.74 Å². The van der Waals surface area contributed by atoms with Crippen molar-refractivity contribution in [2.24, 2.45) is 11.8 Å². The number of nitrogen functional groups attached to an aromatic ring is 1. The van der Waals surface area contributed by atoms with Crippen LogP contribution in [0.15, 0.2) is 18.2 Å². The van der Waals surface area contributed by atoms with Gasteiger partial charge in [-0.05, 0) is 70.4 Å². The molecule has 6 heteroatoms. The normalized spacial score (nSPS) is 20.3. The van der Waals surface area contributed by atoms with E-state index in [-0.39, 0.29) is 6.09 Å². The highest BCUT2D eigenvalue weighted by molar-refractivity contribution is 5.68. The largest absolute Gasteiger partial charge is 0.444 e. The number of hydrogen-bond donors (Lipinski definition) is 1. The van der Waals surface area contributed by atoms with Gasteiger partial charge in [-0.25, -0.2) is 9.78 Å². The number of carbonyl (C=O) groups excluding carboxylic acids is 1. The molecule has 1 amide bonds. The Balaban J connectivity index is 1.46. The molecule has 3 rings (SSSR count). The number of rotatable bonds is 2. The lowest BCUT2D eigenvalue weighted by Crippen LogP contribution is -2.44. The van der Waals surface area contributed by atoms with Gasteiger partial charge in [0.15, 0.2) is 0 Å². The lowest BCUT2D eigenvalue weighted by atomic mass is 9.79. The quantitative estimate of drug-likeness (QED) is 0.873. The molecule has 0 bridgehead atoms. The highest BCUT2D eigenvalue weighted by Gasteiger charge is 2.32. The summed E-state index contributed by atoms with van der Waals surface area (Å²) in [7, 11) is 0. The average Bonchev–Trinajstić information content (AvgIpc) is 2.61. The van der Waals surface area contributed by atoms with E-state index in [0.29, 0.717) is 11.7 Å². The third kappa shape index (κ3) is 4.80. The molecule has 26 heavy (non-hydrogen) atoms. The molecule has 2 aliphatic heterocycles. The molecule has 0 spiro atoms. The Labute approximate surface area is 156 Å². The van der Waals surface area contributed by atoms with E-state index >= 15 is 0 Å². The van der Waals surface area contributed by atoms with Crippen molar-refractivity contribution < 1.29 is 9.53 Å². The van der Waals surface area contributed by atoms with Crippen LogP contribution in [0.5, 0.6) is 0 Å². The fourth-order valence-corrected chi connectivity index (χ4v) is 4.10. The molecule has 1 aromatic rings. The molecule has 0 atom stereocenters. The number of ether oxygens (including phenoxy) is 1. The second-order valence-corrected chi connectivity index (χ2v) is 8.55. The number of likely N-dealkylation sites (tertiary alicyclic amines) is 1. The first kappa shape index (κ1) is 18.8. The first-order chi connectivity index (χ1) is 12.3. The molecule has 0 aromatic carbocycles. The van der Waals surface area contributed by atoms with Crippen LogP contribution in [0, 0.1) is 11.8 Å².